The van der Waals surface area contributed by atoms with Crippen molar-refractivity contribution < 1.29 is 9.59 Å². The number of hydrogen-bond donors (Lipinski definition) is 2. The SMILES string of the molecule is CCCNC(=O)C(=CN(NC)c1ccccc1)C(=O)c1ccccc1Cl. The molecule has 0 saturated carbocycles. The van der Waals surface area contributed by atoms with Gasteiger partial charge in [0.1, 0.15) is 5.57 Å². The molecule has 5 nitrogen and oxygen atoms in total. The van der Waals surface area contributed by atoms with Gasteiger partial charge < -0.3 is 5.32 Å². The Kier molecular flexibility index (Phi) is 7.38. The Morgan fingerprint density at radius 2 is 1.73 bits per heavy atom. The number of benzene rings is 2. The number of Topliss-reactive ketones (excluding diaryl/α,β-unsaturated/α-hetero) is 1. The van der Waals surface area contributed by atoms with Crippen LogP contribution in [-0.4, -0.2) is 25.3 Å². The fraction of sp³-hybridized carbons (Fsp3) is 0.200. The third kappa shape index (κ3) is 4.94. The van der Waals surface area contributed by atoms with Gasteiger partial charge in [-0.3, -0.25) is 14.6 Å². The molecule has 1 amide bonds. The molecule has 2 N–H and O–H groups in total. The molecule has 0 atom stereocenters. The maximum absolute atomic E-state index is 13.0. The number of carbonyl (C=O) groups excluding carboxylic acids is 2. The number of nitrogens with one attached hydrogen (secondary N) is 2. The molecule has 0 aliphatic carbocycles. The fourth-order valence-electron chi connectivity index (χ4n) is 2.33. The third-order valence-corrected chi connectivity index (χ3v) is 4.01. The van der Waals surface area contributed by atoms with Crippen LogP contribution in [0, 0.1) is 0 Å². The van der Waals surface area contributed by atoms with Crippen molar-refractivity contribution in [2.75, 3.05) is 18.6 Å². The molecular formula is C20H22ClN3O2. The van der Waals surface area contributed by atoms with Crippen molar-refractivity contribution in [2.24, 2.45) is 0 Å². The lowest BCUT2D eigenvalue weighted by molar-refractivity contribution is -0.117. The first-order chi connectivity index (χ1) is 12.6. The molecule has 26 heavy (non-hydrogen) atoms. The number of carbonyl (C=O) groups is 2. The third-order valence-electron chi connectivity index (χ3n) is 3.68. The van der Waals surface area contributed by atoms with Gasteiger partial charge in [-0.25, -0.2) is 5.43 Å². The monoisotopic (exact) mass is 371 g/mol. The highest BCUT2D eigenvalue weighted by atomic mass is 35.5. The van der Waals surface area contributed by atoms with Crippen LogP contribution in [-0.2, 0) is 4.79 Å². The van der Waals surface area contributed by atoms with Gasteiger partial charge in [-0.15, -0.1) is 0 Å². The zero-order chi connectivity index (χ0) is 18.9. The molecular weight excluding hydrogens is 350 g/mol. The Morgan fingerprint density at radius 3 is 2.35 bits per heavy atom. The predicted molar refractivity (Wildman–Crippen MR) is 105 cm³/mol. The molecule has 0 saturated heterocycles. The van der Waals surface area contributed by atoms with Crippen LogP contribution in [0.5, 0.6) is 0 Å². The molecule has 136 valence electrons. The molecule has 0 unspecified atom stereocenters. The molecule has 0 fully saturated rings. The number of hydrogen-bond acceptors (Lipinski definition) is 4. The van der Waals surface area contributed by atoms with Crippen molar-refractivity contribution in [1.29, 1.82) is 0 Å². The van der Waals surface area contributed by atoms with Gasteiger partial charge in [-0.05, 0) is 30.7 Å². The maximum Gasteiger partial charge on any atom is 0.256 e. The second kappa shape index (κ2) is 9.75. The molecule has 0 aliphatic heterocycles. The number of halogens is 1. The second-order valence-electron chi connectivity index (χ2n) is 5.54. The van der Waals surface area contributed by atoms with Crippen LogP contribution in [0.2, 0.25) is 5.02 Å². The Hall–Kier alpha value is -2.63. The first-order valence-corrected chi connectivity index (χ1v) is 8.77. The highest BCUT2D eigenvalue weighted by Gasteiger charge is 2.23. The zero-order valence-electron chi connectivity index (χ0n) is 14.8. The Labute approximate surface area is 158 Å². The second-order valence-corrected chi connectivity index (χ2v) is 5.94. The number of hydrazine groups is 1. The summed E-state index contributed by atoms with van der Waals surface area (Å²) in [5.41, 5.74) is 4.06. The number of amides is 1. The van der Waals surface area contributed by atoms with Gasteiger partial charge in [0.2, 0.25) is 5.78 Å². The number of para-hydroxylation sites is 1. The topological polar surface area (TPSA) is 61.4 Å². The summed E-state index contributed by atoms with van der Waals surface area (Å²) in [5.74, 6) is -0.867. The number of ketones is 1. The highest BCUT2D eigenvalue weighted by Crippen LogP contribution is 2.20. The van der Waals surface area contributed by atoms with E-state index in [2.05, 4.69) is 10.7 Å². The molecule has 2 rings (SSSR count). The minimum atomic E-state index is -0.437. The highest BCUT2D eigenvalue weighted by molar-refractivity contribution is 6.37. The lowest BCUT2D eigenvalue weighted by atomic mass is 10.0. The summed E-state index contributed by atoms with van der Waals surface area (Å²) in [6.07, 6.45) is 2.26. The van der Waals surface area contributed by atoms with E-state index in [0.717, 1.165) is 12.1 Å². The van der Waals surface area contributed by atoms with Crippen LogP contribution in [0.25, 0.3) is 0 Å². The lowest BCUT2D eigenvalue weighted by Gasteiger charge is -2.20. The summed E-state index contributed by atoms with van der Waals surface area (Å²) < 4.78 is 0. The van der Waals surface area contributed by atoms with E-state index in [9.17, 15) is 9.59 Å². The maximum atomic E-state index is 13.0. The minimum Gasteiger partial charge on any atom is -0.352 e. The smallest absolute Gasteiger partial charge is 0.256 e. The molecule has 0 aliphatic rings. The summed E-state index contributed by atoms with van der Waals surface area (Å²) in [6.45, 7) is 2.43. The van der Waals surface area contributed by atoms with Crippen LogP contribution in [0.3, 0.4) is 0 Å². The van der Waals surface area contributed by atoms with Crippen LogP contribution < -0.4 is 15.8 Å². The quantitative estimate of drug-likeness (QED) is 0.245. The molecule has 0 aromatic heterocycles. The average Bonchev–Trinajstić information content (AvgIpc) is 2.67. The Bertz CT molecular complexity index is 791. The van der Waals surface area contributed by atoms with Gasteiger partial charge in [0.05, 0.1) is 10.7 Å². The standard InChI is InChI=1S/C20H22ClN3O2/c1-3-13-23-20(26)17(19(25)16-11-7-8-12-18(16)21)14-24(22-2)15-9-5-4-6-10-15/h4-12,14,22H,3,13H2,1-2H3,(H,23,26). The van der Waals surface area contributed by atoms with E-state index in [1.807, 2.05) is 37.3 Å². The van der Waals surface area contributed by atoms with Gasteiger partial charge in [-0.1, -0.05) is 48.9 Å². The lowest BCUT2D eigenvalue weighted by Crippen LogP contribution is -2.35. The van der Waals surface area contributed by atoms with E-state index in [1.54, 1.807) is 36.3 Å². The van der Waals surface area contributed by atoms with Crippen molar-refractivity contribution in [3.05, 3.63) is 77.0 Å². The van der Waals surface area contributed by atoms with E-state index in [0.29, 0.717) is 11.6 Å². The molecule has 2 aromatic carbocycles. The van der Waals surface area contributed by atoms with E-state index >= 15 is 0 Å². The van der Waals surface area contributed by atoms with Gasteiger partial charge in [-0.2, -0.15) is 0 Å². The van der Waals surface area contributed by atoms with E-state index in [-0.39, 0.29) is 11.1 Å². The van der Waals surface area contributed by atoms with Gasteiger partial charge in [0, 0.05) is 25.4 Å². The normalized spacial score (nSPS) is 11.1. The van der Waals surface area contributed by atoms with Crippen molar-refractivity contribution in [3.63, 3.8) is 0 Å². The van der Waals surface area contributed by atoms with Gasteiger partial charge in [0.25, 0.3) is 5.91 Å². The Morgan fingerprint density at radius 1 is 1.08 bits per heavy atom. The largest absolute Gasteiger partial charge is 0.352 e. The summed E-state index contributed by atoms with van der Waals surface area (Å²) in [4.78, 5) is 25.6. The van der Waals surface area contributed by atoms with Crippen LogP contribution in [0.4, 0.5) is 5.69 Å². The molecule has 0 radical (unpaired) electrons. The van der Waals surface area contributed by atoms with Crippen molar-refractivity contribution in [2.45, 2.75) is 13.3 Å². The van der Waals surface area contributed by atoms with Gasteiger partial charge >= 0.3 is 0 Å². The molecule has 2 aromatic rings. The van der Waals surface area contributed by atoms with E-state index in [1.165, 1.54) is 6.20 Å². The van der Waals surface area contributed by atoms with Crippen molar-refractivity contribution in [3.8, 4) is 0 Å². The van der Waals surface area contributed by atoms with Crippen molar-refractivity contribution in [1.82, 2.24) is 10.7 Å². The van der Waals surface area contributed by atoms with Crippen LogP contribution in [0.1, 0.15) is 23.7 Å². The number of anilines is 1. The summed E-state index contributed by atoms with van der Waals surface area (Å²) in [6, 6.07) is 16.1. The fourth-order valence-corrected chi connectivity index (χ4v) is 2.55. The first-order valence-electron chi connectivity index (χ1n) is 8.39. The van der Waals surface area contributed by atoms with Crippen LogP contribution in [0.15, 0.2) is 66.4 Å². The number of rotatable bonds is 8. The summed E-state index contributed by atoms with van der Waals surface area (Å²) in [7, 11) is 1.71. The summed E-state index contributed by atoms with van der Waals surface area (Å²) in [5, 5.41) is 4.69. The number of nitrogens with zero attached hydrogens (tertiary/aromatic N) is 1. The molecule has 0 spiro atoms. The molecule has 6 heteroatoms. The minimum absolute atomic E-state index is 0.00440. The molecule has 0 heterocycles. The van der Waals surface area contributed by atoms with E-state index in [4.69, 9.17) is 11.6 Å². The Balaban J connectivity index is 2.44. The van der Waals surface area contributed by atoms with Crippen LogP contribution >= 0.6 is 11.6 Å². The van der Waals surface area contributed by atoms with E-state index < -0.39 is 11.7 Å². The predicted octanol–water partition coefficient (Wildman–Crippen LogP) is 3.57. The van der Waals surface area contributed by atoms with Crippen molar-refractivity contribution >= 4 is 29.0 Å². The zero-order valence-corrected chi connectivity index (χ0v) is 15.6. The summed E-state index contributed by atoms with van der Waals surface area (Å²) >= 11 is 6.15. The van der Waals surface area contributed by atoms with Gasteiger partial charge in [0.15, 0.2) is 0 Å². The first kappa shape index (κ1) is 19.7. The average molecular weight is 372 g/mol. The molecule has 0 bridgehead atoms.